The highest BCUT2D eigenvalue weighted by Gasteiger charge is 2.45. The largest absolute Gasteiger partial charge is 0.444 e. The maximum Gasteiger partial charge on any atom is 0.417 e. The highest BCUT2D eigenvalue weighted by molar-refractivity contribution is 7.98. The van der Waals surface area contributed by atoms with Crippen LogP contribution in [0.4, 0.5) is 32.6 Å². The van der Waals surface area contributed by atoms with Crippen LogP contribution in [-0.4, -0.2) is 68.2 Å². The molecule has 14 heteroatoms. The van der Waals surface area contributed by atoms with Gasteiger partial charge in [0.05, 0.1) is 34.9 Å². The molecule has 8 nitrogen and oxygen atoms in total. The summed E-state index contributed by atoms with van der Waals surface area (Å²) in [6.45, 7) is 7.30. The zero-order valence-corrected chi connectivity index (χ0v) is 24.9. The van der Waals surface area contributed by atoms with E-state index in [2.05, 4.69) is 20.2 Å². The smallest absolute Gasteiger partial charge is 0.417 e. The molecule has 1 N–H and O–H groups in total. The van der Waals surface area contributed by atoms with Gasteiger partial charge in [0.1, 0.15) is 22.8 Å². The number of benzene rings is 2. The first-order chi connectivity index (χ1) is 20.2. The normalized spacial score (nSPS) is 19.1. The minimum atomic E-state index is -4.90. The van der Waals surface area contributed by atoms with E-state index in [1.165, 1.54) is 13.0 Å². The number of piperazine rings is 1. The summed E-state index contributed by atoms with van der Waals surface area (Å²) in [6.07, 6.45) is -1.05. The van der Waals surface area contributed by atoms with E-state index in [0.29, 0.717) is 13.1 Å². The van der Waals surface area contributed by atoms with Crippen molar-refractivity contribution in [2.45, 2.75) is 69.6 Å². The van der Waals surface area contributed by atoms with E-state index in [-0.39, 0.29) is 50.4 Å². The summed E-state index contributed by atoms with van der Waals surface area (Å²) in [6, 6.07) is 1.84. The van der Waals surface area contributed by atoms with Crippen molar-refractivity contribution >= 4 is 45.5 Å². The Balaban J connectivity index is 1.50. The number of nitrogens with zero attached hydrogens (tertiary/aromatic N) is 5. The Labute approximate surface area is 248 Å². The molecule has 0 spiro atoms. The predicted octanol–water partition coefficient (Wildman–Crippen LogP) is 7.09. The third-order valence-corrected chi connectivity index (χ3v) is 8.44. The Morgan fingerprint density at radius 3 is 2.33 bits per heavy atom. The van der Waals surface area contributed by atoms with Crippen molar-refractivity contribution in [1.82, 2.24) is 25.1 Å². The van der Waals surface area contributed by atoms with Crippen molar-refractivity contribution in [1.29, 1.82) is 0 Å². The molecule has 1 amide bonds. The van der Waals surface area contributed by atoms with Gasteiger partial charge in [0.25, 0.3) is 0 Å². The summed E-state index contributed by atoms with van der Waals surface area (Å²) >= 11 is 1.13. The molecule has 4 aromatic rings. The lowest BCUT2D eigenvalue weighted by Gasteiger charge is -2.42. The van der Waals surface area contributed by atoms with E-state index in [1.807, 2.05) is 4.90 Å². The molecule has 2 aliphatic heterocycles. The molecule has 2 atom stereocenters. The van der Waals surface area contributed by atoms with E-state index in [9.17, 15) is 18.0 Å². The second kappa shape index (κ2) is 10.2. The summed E-state index contributed by atoms with van der Waals surface area (Å²) in [4.78, 5) is 25.4. The van der Waals surface area contributed by atoms with Crippen LogP contribution in [-0.2, 0) is 10.9 Å². The van der Waals surface area contributed by atoms with Gasteiger partial charge >= 0.3 is 12.3 Å². The molecule has 6 rings (SSSR count). The second-order valence-corrected chi connectivity index (χ2v) is 12.7. The summed E-state index contributed by atoms with van der Waals surface area (Å²) in [5, 5.41) is 6.57. The van der Waals surface area contributed by atoms with E-state index in [4.69, 9.17) is 4.74 Å². The number of aryl methyl sites for hydroxylation is 1. The molecule has 0 radical (unpaired) electrons. The van der Waals surface area contributed by atoms with E-state index < -0.39 is 46.2 Å². The number of carbonyl (C=O) groups excluding carboxylic acids is 1. The van der Waals surface area contributed by atoms with Crippen molar-refractivity contribution in [3.05, 3.63) is 41.1 Å². The zero-order chi connectivity index (χ0) is 31.0. The Morgan fingerprint density at radius 2 is 1.72 bits per heavy atom. The first-order valence-corrected chi connectivity index (χ1v) is 14.9. The summed E-state index contributed by atoms with van der Waals surface area (Å²) < 4.78 is 81.2. The van der Waals surface area contributed by atoms with Crippen LogP contribution in [0.5, 0.6) is 0 Å². The van der Waals surface area contributed by atoms with E-state index in [1.54, 1.807) is 31.9 Å². The SMILES string of the molecule is CSc1nc(N2CC3CCC(C2)N3C(=O)OC(C)(C)C)c2cc(F)c(-c3c(C(F)(F)F)c(C)cc4[nH]ncc34)c(F)c2n1. The molecule has 228 valence electrons. The number of halogens is 5. The molecule has 2 saturated heterocycles. The predicted molar refractivity (Wildman–Crippen MR) is 153 cm³/mol. The molecule has 0 aliphatic carbocycles. The Hall–Kier alpha value is -3.68. The topological polar surface area (TPSA) is 87.2 Å². The maximum atomic E-state index is 16.5. The summed E-state index contributed by atoms with van der Waals surface area (Å²) in [7, 11) is 0. The van der Waals surface area contributed by atoms with E-state index >= 15 is 8.78 Å². The molecule has 2 aromatic heterocycles. The number of carbonyl (C=O) groups is 1. The number of aromatic amines is 1. The lowest BCUT2D eigenvalue weighted by molar-refractivity contribution is -0.137. The van der Waals surface area contributed by atoms with Crippen LogP contribution in [0.15, 0.2) is 23.5 Å². The summed E-state index contributed by atoms with van der Waals surface area (Å²) in [5.41, 5.74) is -3.56. The number of ether oxygens (including phenoxy) is 1. The molecule has 2 aromatic carbocycles. The van der Waals surface area contributed by atoms with Crippen molar-refractivity contribution in [3.63, 3.8) is 0 Å². The van der Waals surface area contributed by atoms with Crippen LogP contribution in [0, 0.1) is 18.6 Å². The number of nitrogens with one attached hydrogen (secondary N) is 1. The second-order valence-electron chi connectivity index (χ2n) is 11.9. The molecular weight excluding hydrogens is 591 g/mol. The van der Waals surface area contributed by atoms with Crippen LogP contribution >= 0.6 is 11.8 Å². The van der Waals surface area contributed by atoms with Crippen LogP contribution in [0.3, 0.4) is 0 Å². The molecule has 43 heavy (non-hydrogen) atoms. The van der Waals surface area contributed by atoms with Gasteiger partial charge in [0.2, 0.25) is 0 Å². The lowest BCUT2D eigenvalue weighted by Crippen LogP contribution is -2.57. The number of thioether (sulfide) groups is 1. The van der Waals surface area contributed by atoms with Gasteiger partial charge in [-0.3, -0.25) is 10.00 Å². The number of hydrogen-bond donors (Lipinski definition) is 1. The molecule has 2 unspecified atom stereocenters. The maximum absolute atomic E-state index is 16.5. The number of fused-ring (bicyclic) bond motifs is 4. The van der Waals surface area contributed by atoms with Crippen LogP contribution in [0.2, 0.25) is 0 Å². The number of rotatable bonds is 3. The fourth-order valence-corrected chi connectivity index (χ4v) is 6.62. The first-order valence-electron chi connectivity index (χ1n) is 13.7. The fourth-order valence-electron chi connectivity index (χ4n) is 6.26. The average molecular weight is 621 g/mol. The van der Waals surface area contributed by atoms with Gasteiger partial charge in [-0.1, -0.05) is 11.8 Å². The molecule has 2 fully saturated rings. The van der Waals surface area contributed by atoms with Gasteiger partial charge in [-0.15, -0.1) is 0 Å². The van der Waals surface area contributed by atoms with Gasteiger partial charge in [-0.05, 0) is 64.5 Å². The van der Waals surface area contributed by atoms with Crippen molar-refractivity contribution in [2.75, 3.05) is 24.2 Å². The quantitative estimate of drug-likeness (QED) is 0.149. The minimum Gasteiger partial charge on any atom is -0.444 e. The molecule has 2 aliphatic rings. The molecular formula is C29H29F5N6O2S. The number of anilines is 1. The molecule has 2 bridgehead atoms. The monoisotopic (exact) mass is 620 g/mol. The highest BCUT2D eigenvalue weighted by Crippen LogP contribution is 2.46. The Bertz CT molecular complexity index is 1750. The third kappa shape index (κ3) is 5.02. The number of alkyl halides is 3. The minimum absolute atomic E-state index is 0.0336. The molecule has 4 heterocycles. The van der Waals surface area contributed by atoms with Crippen molar-refractivity contribution in [2.24, 2.45) is 0 Å². The Morgan fingerprint density at radius 1 is 1.05 bits per heavy atom. The standard InChI is InChI=1S/C29H29F5N6O2S/c1-13-8-19-17(10-35-38-19)20(22(13)29(32,33)34)21-18(30)9-16-24(23(21)31)36-26(43-5)37-25(16)39-11-14-6-7-15(12-39)40(14)27(41)42-28(2,3)4/h8-10,14-15H,6-7,11-12H2,1-5H3,(H,35,38). The number of hydrogen-bond acceptors (Lipinski definition) is 7. The van der Waals surface area contributed by atoms with E-state index in [0.717, 1.165) is 36.9 Å². The number of H-pyrrole nitrogens is 1. The van der Waals surface area contributed by atoms with Gasteiger partial charge < -0.3 is 9.64 Å². The van der Waals surface area contributed by atoms with Gasteiger partial charge in [-0.2, -0.15) is 18.3 Å². The third-order valence-electron chi connectivity index (χ3n) is 7.89. The van der Waals surface area contributed by atoms with Gasteiger partial charge in [-0.25, -0.2) is 23.5 Å². The van der Waals surface area contributed by atoms with Crippen molar-refractivity contribution < 1.29 is 31.5 Å². The fraction of sp³-hybridized carbons (Fsp3) is 0.448. The van der Waals surface area contributed by atoms with Crippen molar-refractivity contribution in [3.8, 4) is 11.1 Å². The Kier molecular flexibility index (Phi) is 6.98. The van der Waals surface area contributed by atoms with Crippen LogP contribution < -0.4 is 4.90 Å². The summed E-state index contributed by atoms with van der Waals surface area (Å²) in [5.74, 6) is -2.14. The average Bonchev–Trinajstić information content (AvgIpc) is 3.47. The lowest BCUT2D eigenvalue weighted by atomic mass is 9.91. The van der Waals surface area contributed by atoms with Gasteiger partial charge in [0, 0.05) is 29.4 Å². The molecule has 0 saturated carbocycles. The number of aromatic nitrogens is 4. The van der Waals surface area contributed by atoms with Gasteiger partial charge in [0.15, 0.2) is 11.0 Å². The zero-order valence-electron chi connectivity index (χ0n) is 24.1. The first kappa shape index (κ1) is 29.4. The number of amides is 1. The van der Waals surface area contributed by atoms with Crippen LogP contribution in [0.25, 0.3) is 32.9 Å². The van der Waals surface area contributed by atoms with Crippen LogP contribution in [0.1, 0.15) is 44.7 Å². The highest BCUT2D eigenvalue weighted by atomic mass is 32.2.